The van der Waals surface area contributed by atoms with Gasteiger partial charge in [0.05, 0.1) is 10.0 Å². The summed E-state index contributed by atoms with van der Waals surface area (Å²) in [4.78, 5) is 14.5. The van der Waals surface area contributed by atoms with Gasteiger partial charge in [-0.25, -0.2) is 8.42 Å². The Hall–Kier alpha value is -0.820. The standard InChI is InChI=1S/C18H22Cl2N2O3S/c19-14-2-1-3-15(17(14)20)26(24,25)22-21-16(23)10-18-7-11-4-12(8-18)6-13(5-11)9-18/h1-3,11-13,22H,4-10H2,(H,21,23). The first kappa shape index (κ1) is 18.5. The molecule has 5 rings (SSSR count). The largest absolute Gasteiger partial charge is 0.278 e. The van der Waals surface area contributed by atoms with E-state index >= 15 is 0 Å². The van der Waals surface area contributed by atoms with Crippen LogP contribution in [-0.2, 0) is 14.8 Å². The number of carbonyl (C=O) groups excluding carboxylic acids is 1. The zero-order valence-corrected chi connectivity index (χ0v) is 16.6. The SMILES string of the molecule is O=C(CC12CC3CC(CC(C3)C1)C2)NNS(=O)(=O)c1cccc(Cl)c1Cl. The highest BCUT2D eigenvalue weighted by Crippen LogP contribution is 2.61. The van der Waals surface area contributed by atoms with Crippen LogP contribution in [0, 0.1) is 23.2 Å². The van der Waals surface area contributed by atoms with Crippen LogP contribution in [0.1, 0.15) is 44.9 Å². The van der Waals surface area contributed by atoms with Crippen LogP contribution in [0.25, 0.3) is 0 Å². The molecule has 142 valence electrons. The lowest BCUT2D eigenvalue weighted by atomic mass is 9.49. The Morgan fingerprint density at radius 1 is 1.08 bits per heavy atom. The molecule has 0 saturated heterocycles. The maximum absolute atomic E-state index is 12.5. The van der Waals surface area contributed by atoms with Gasteiger partial charge in [0, 0.05) is 6.42 Å². The van der Waals surface area contributed by atoms with Crippen molar-refractivity contribution in [2.24, 2.45) is 23.2 Å². The molecule has 1 amide bonds. The zero-order valence-electron chi connectivity index (χ0n) is 14.3. The number of hydrogen-bond acceptors (Lipinski definition) is 3. The second kappa shape index (κ2) is 6.66. The van der Waals surface area contributed by atoms with E-state index in [2.05, 4.69) is 10.3 Å². The summed E-state index contributed by atoms with van der Waals surface area (Å²) in [7, 11) is -3.97. The van der Waals surface area contributed by atoms with E-state index < -0.39 is 10.0 Å². The van der Waals surface area contributed by atoms with E-state index in [0.717, 1.165) is 37.0 Å². The van der Waals surface area contributed by atoms with E-state index in [0.29, 0.717) is 6.42 Å². The molecule has 4 aliphatic carbocycles. The summed E-state index contributed by atoms with van der Waals surface area (Å²) in [5.74, 6) is 1.96. The Labute approximate surface area is 163 Å². The van der Waals surface area contributed by atoms with Gasteiger partial charge in [0.15, 0.2) is 0 Å². The lowest BCUT2D eigenvalue weighted by Gasteiger charge is -2.56. The van der Waals surface area contributed by atoms with Crippen molar-refractivity contribution in [3.05, 3.63) is 28.2 Å². The molecule has 0 atom stereocenters. The van der Waals surface area contributed by atoms with Crippen molar-refractivity contribution in [3.63, 3.8) is 0 Å². The van der Waals surface area contributed by atoms with Crippen LogP contribution < -0.4 is 10.3 Å². The molecule has 4 saturated carbocycles. The van der Waals surface area contributed by atoms with E-state index in [1.165, 1.54) is 37.5 Å². The summed E-state index contributed by atoms with van der Waals surface area (Å²) in [5, 5.41) is 0.0893. The van der Waals surface area contributed by atoms with Gasteiger partial charge in [-0.3, -0.25) is 10.2 Å². The number of hydrazine groups is 1. The molecule has 1 aromatic carbocycles. The van der Waals surface area contributed by atoms with Gasteiger partial charge in [-0.05, 0) is 73.8 Å². The number of carbonyl (C=O) groups is 1. The molecule has 1 aromatic rings. The van der Waals surface area contributed by atoms with Crippen molar-refractivity contribution in [1.82, 2.24) is 10.3 Å². The van der Waals surface area contributed by atoms with Crippen LogP contribution in [0.15, 0.2) is 23.1 Å². The number of nitrogens with one attached hydrogen (secondary N) is 2. The van der Waals surface area contributed by atoms with Crippen molar-refractivity contribution < 1.29 is 13.2 Å². The van der Waals surface area contributed by atoms with Gasteiger partial charge in [-0.2, -0.15) is 0 Å². The minimum absolute atomic E-state index is 0.0535. The van der Waals surface area contributed by atoms with Gasteiger partial charge in [0.1, 0.15) is 4.90 Å². The summed E-state index contributed by atoms with van der Waals surface area (Å²) in [6.07, 6.45) is 7.59. The van der Waals surface area contributed by atoms with E-state index in [4.69, 9.17) is 23.2 Å². The molecule has 4 aliphatic rings. The molecule has 0 aliphatic heterocycles. The van der Waals surface area contributed by atoms with Gasteiger partial charge in [-0.1, -0.05) is 29.3 Å². The molecule has 26 heavy (non-hydrogen) atoms. The summed E-state index contributed by atoms with van der Waals surface area (Å²) < 4.78 is 24.8. The van der Waals surface area contributed by atoms with Crippen molar-refractivity contribution in [1.29, 1.82) is 0 Å². The normalized spacial score (nSPS) is 32.6. The molecular weight excluding hydrogens is 395 g/mol. The van der Waals surface area contributed by atoms with Crippen LogP contribution in [0.5, 0.6) is 0 Å². The average molecular weight is 417 g/mol. The highest BCUT2D eigenvalue weighted by molar-refractivity contribution is 7.89. The van der Waals surface area contributed by atoms with Crippen LogP contribution >= 0.6 is 23.2 Å². The monoisotopic (exact) mass is 416 g/mol. The molecule has 2 N–H and O–H groups in total. The van der Waals surface area contributed by atoms with Crippen LogP contribution in [0.3, 0.4) is 0 Å². The molecule has 4 bridgehead atoms. The van der Waals surface area contributed by atoms with E-state index in [1.807, 2.05) is 0 Å². The molecule has 0 heterocycles. The quantitative estimate of drug-likeness (QED) is 0.714. The number of hydrogen-bond donors (Lipinski definition) is 2. The number of benzene rings is 1. The van der Waals surface area contributed by atoms with Crippen molar-refractivity contribution >= 4 is 39.1 Å². The van der Waals surface area contributed by atoms with E-state index in [-0.39, 0.29) is 26.3 Å². The van der Waals surface area contributed by atoms with Gasteiger partial charge in [0.2, 0.25) is 5.91 Å². The van der Waals surface area contributed by atoms with E-state index in [1.54, 1.807) is 0 Å². The van der Waals surface area contributed by atoms with E-state index in [9.17, 15) is 13.2 Å². The third-order valence-corrected chi connectivity index (χ3v) is 8.45. The molecule has 0 radical (unpaired) electrons. The van der Waals surface area contributed by atoms with Crippen molar-refractivity contribution in [3.8, 4) is 0 Å². The Balaban J connectivity index is 1.40. The third kappa shape index (κ3) is 3.49. The second-order valence-electron chi connectivity index (χ2n) is 8.30. The molecule has 5 nitrogen and oxygen atoms in total. The summed E-state index contributed by atoms with van der Waals surface area (Å²) >= 11 is 11.8. The summed E-state index contributed by atoms with van der Waals surface area (Å²) in [6, 6.07) is 4.36. The maximum atomic E-state index is 12.5. The predicted octanol–water partition coefficient (Wildman–Crippen LogP) is 3.91. The fourth-order valence-corrected chi connectivity index (χ4v) is 7.38. The third-order valence-electron chi connectivity index (χ3n) is 6.23. The topological polar surface area (TPSA) is 75.3 Å². The average Bonchev–Trinajstić information content (AvgIpc) is 2.54. The fraction of sp³-hybridized carbons (Fsp3) is 0.611. The van der Waals surface area contributed by atoms with Gasteiger partial charge in [0.25, 0.3) is 10.0 Å². The Kier molecular flexibility index (Phi) is 4.75. The number of rotatable bonds is 5. The maximum Gasteiger partial charge on any atom is 0.258 e. The molecule has 0 unspecified atom stereocenters. The first-order valence-electron chi connectivity index (χ1n) is 9.01. The predicted molar refractivity (Wildman–Crippen MR) is 100 cm³/mol. The minimum Gasteiger partial charge on any atom is -0.278 e. The number of amides is 1. The van der Waals surface area contributed by atoms with Gasteiger partial charge in [-0.15, -0.1) is 4.83 Å². The van der Waals surface area contributed by atoms with Crippen LogP contribution in [0.4, 0.5) is 0 Å². The van der Waals surface area contributed by atoms with Gasteiger partial charge >= 0.3 is 0 Å². The highest BCUT2D eigenvalue weighted by Gasteiger charge is 2.51. The Morgan fingerprint density at radius 3 is 2.23 bits per heavy atom. The lowest BCUT2D eigenvalue weighted by Crippen LogP contribution is -2.50. The fourth-order valence-electron chi connectivity index (χ4n) is 5.76. The molecule has 0 spiro atoms. The first-order valence-corrected chi connectivity index (χ1v) is 11.2. The van der Waals surface area contributed by atoms with Crippen molar-refractivity contribution in [2.75, 3.05) is 0 Å². The Bertz CT molecular complexity index is 806. The second-order valence-corrected chi connectivity index (χ2v) is 10.7. The van der Waals surface area contributed by atoms with Gasteiger partial charge < -0.3 is 0 Å². The van der Waals surface area contributed by atoms with Crippen LogP contribution in [0.2, 0.25) is 10.0 Å². The smallest absolute Gasteiger partial charge is 0.258 e. The zero-order chi connectivity index (χ0) is 18.5. The molecule has 8 heteroatoms. The van der Waals surface area contributed by atoms with Crippen LogP contribution in [-0.4, -0.2) is 14.3 Å². The Morgan fingerprint density at radius 2 is 1.65 bits per heavy atom. The highest BCUT2D eigenvalue weighted by atomic mass is 35.5. The first-order chi connectivity index (χ1) is 12.3. The van der Waals surface area contributed by atoms with Crippen molar-refractivity contribution in [2.45, 2.75) is 49.8 Å². The summed E-state index contributed by atoms with van der Waals surface area (Å²) in [5.41, 5.74) is 2.42. The molecule has 0 aromatic heterocycles. The minimum atomic E-state index is -3.97. The number of halogens is 2. The summed E-state index contributed by atoms with van der Waals surface area (Å²) in [6.45, 7) is 0. The molecule has 4 fully saturated rings. The molecular formula is C18H22Cl2N2O3S. The number of sulfonamides is 1. The lowest BCUT2D eigenvalue weighted by molar-refractivity contribution is -0.129.